The van der Waals surface area contributed by atoms with Gasteiger partial charge in [0.25, 0.3) is 5.09 Å². The summed E-state index contributed by atoms with van der Waals surface area (Å²) in [5, 5.41) is 8.74. The van der Waals surface area contributed by atoms with Crippen LogP contribution >= 0.6 is 0 Å². The third-order valence-electron chi connectivity index (χ3n) is 8.95. The molecule has 56 heavy (non-hydrogen) atoms. The average Bonchev–Trinajstić information content (AvgIpc) is 3.23. The van der Waals surface area contributed by atoms with Crippen LogP contribution in [0, 0.1) is 10.1 Å². The monoisotopic (exact) mass is 784 g/mol. The van der Waals surface area contributed by atoms with Crippen molar-refractivity contribution >= 4 is 17.8 Å². The van der Waals surface area contributed by atoms with Crippen molar-refractivity contribution in [2.75, 3.05) is 123 Å². The Morgan fingerprint density at radius 1 is 0.821 bits per heavy atom. The molecule has 1 fully saturated rings. The Morgan fingerprint density at radius 2 is 1.61 bits per heavy atom. The van der Waals surface area contributed by atoms with Gasteiger partial charge in [0, 0.05) is 70.7 Å². The number of carbonyl (C=O) groups is 1. The summed E-state index contributed by atoms with van der Waals surface area (Å²) in [5.74, 6) is 3.31. The standard InChI is InChI=1S/C35H45N3O7.C5H11NO5/c1-40-19-5-15-37-18-22-44-35-14-13-32(23-33(35)37)45-26-30-24-36(27-39)16-17-38(30)29-9-11-31(12-10-29)43-21-6-20-42-25-28-7-3-4-8-34(28)41-2;1-9-2-3-10-4-5-11-6(7)8/h3-4,7-14,23,27,30H,5-6,15-22,24-26H2,1-2H3;2-5H2,1H3. The number of amides is 1. The minimum Gasteiger partial charge on any atom is -0.496 e. The van der Waals surface area contributed by atoms with Gasteiger partial charge in [0.05, 0.1) is 65.0 Å². The molecule has 3 aromatic rings. The van der Waals surface area contributed by atoms with Crippen molar-refractivity contribution in [2.45, 2.75) is 25.5 Å². The number of anilines is 2. The zero-order valence-corrected chi connectivity index (χ0v) is 32.7. The maximum absolute atomic E-state index is 11.6. The first kappa shape index (κ1) is 43.7. The first-order valence-corrected chi connectivity index (χ1v) is 18.8. The first-order valence-electron chi connectivity index (χ1n) is 18.8. The molecule has 0 bridgehead atoms. The van der Waals surface area contributed by atoms with Gasteiger partial charge in [-0.25, -0.2) is 0 Å². The van der Waals surface area contributed by atoms with Crippen molar-refractivity contribution < 1.29 is 52.6 Å². The van der Waals surface area contributed by atoms with Crippen LogP contribution in [0.5, 0.6) is 23.0 Å². The molecule has 2 heterocycles. The molecule has 1 unspecified atom stereocenters. The van der Waals surface area contributed by atoms with Crippen LogP contribution in [-0.4, -0.2) is 136 Å². The molecule has 1 saturated heterocycles. The summed E-state index contributed by atoms with van der Waals surface area (Å²) in [6.45, 7) is 8.32. The van der Waals surface area contributed by atoms with Gasteiger partial charge in [-0.05, 0) is 48.9 Å². The number of hydrogen-bond acceptors (Lipinski definition) is 14. The lowest BCUT2D eigenvalue weighted by atomic mass is 10.1. The van der Waals surface area contributed by atoms with E-state index >= 15 is 0 Å². The van der Waals surface area contributed by atoms with Crippen LogP contribution in [0.25, 0.3) is 0 Å². The van der Waals surface area contributed by atoms with Crippen molar-refractivity contribution in [1.82, 2.24) is 4.90 Å². The highest BCUT2D eigenvalue weighted by Crippen LogP contribution is 2.35. The number of hydrogen-bond donors (Lipinski definition) is 0. The van der Waals surface area contributed by atoms with E-state index in [1.165, 1.54) is 0 Å². The molecule has 0 aliphatic carbocycles. The molecular weight excluding hydrogens is 728 g/mol. The second kappa shape index (κ2) is 25.2. The fourth-order valence-electron chi connectivity index (χ4n) is 6.13. The Bertz CT molecular complexity index is 1570. The fraction of sp³-hybridized carbons (Fsp3) is 0.525. The second-order valence-electron chi connectivity index (χ2n) is 12.8. The lowest BCUT2D eigenvalue weighted by Gasteiger charge is -2.41. The molecule has 308 valence electrons. The largest absolute Gasteiger partial charge is 0.496 e. The molecule has 16 heteroatoms. The predicted octanol–water partition coefficient (Wildman–Crippen LogP) is 4.50. The van der Waals surface area contributed by atoms with Crippen LogP contribution in [0.15, 0.2) is 66.7 Å². The van der Waals surface area contributed by atoms with Gasteiger partial charge < -0.3 is 57.4 Å². The van der Waals surface area contributed by atoms with Gasteiger partial charge in [0.1, 0.15) is 42.8 Å². The van der Waals surface area contributed by atoms with E-state index in [0.717, 1.165) is 85.4 Å². The second-order valence-corrected chi connectivity index (χ2v) is 12.8. The number of nitrogens with zero attached hydrogens (tertiary/aromatic N) is 4. The zero-order valence-electron chi connectivity index (χ0n) is 32.7. The quantitative estimate of drug-likeness (QED) is 0.0542. The molecule has 1 amide bonds. The fourth-order valence-corrected chi connectivity index (χ4v) is 6.13. The number of fused-ring (bicyclic) bond motifs is 1. The van der Waals surface area contributed by atoms with Crippen molar-refractivity contribution in [2.24, 2.45) is 0 Å². The number of ether oxygens (including phenoxy) is 8. The first-order chi connectivity index (χ1) is 27.4. The SMILES string of the molecule is COCCCN1CCOc2ccc(OCC3CN(C=O)CCN3c3ccc(OCCCOCc4ccccc4OC)cc3)cc21.COCCOCCO[N+](=O)[O-]. The Hall–Kier alpha value is -5.03. The Balaban J connectivity index is 0.000000552. The van der Waals surface area contributed by atoms with Crippen LogP contribution in [0.2, 0.25) is 0 Å². The zero-order chi connectivity index (χ0) is 39.8. The van der Waals surface area contributed by atoms with Crippen molar-refractivity contribution in [3.8, 4) is 23.0 Å². The van der Waals surface area contributed by atoms with Gasteiger partial charge in [-0.15, -0.1) is 10.1 Å². The molecule has 2 aliphatic rings. The van der Waals surface area contributed by atoms with Crippen LogP contribution in [-0.2, 0) is 35.2 Å². The van der Waals surface area contributed by atoms with Crippen LogP contribution in [0.3, 0.4) is 0 Å². The van der Waals surface area contributed by atoms with Gasteiger partial charge in [-0.1, -0.05) is 18.2 Å². The van der Waals surface area contributed by atoms with E-state index in [1.807, 2.05) is 53.4 Å². The van der Waals surface area contributed by atoms with E-state index in [2.05, 4.69) is 37.6 Å². The molecular formula is C40H56N4O12. The van der Waals surface area contributed by atoms with Gasteiger partial charge >= 0.3 is 0 Å². The number of methoxy groups -OCH3 is 3. The Morgan fingerprint density at radius 3 is 2.38 bits per heavy atom. The average molecular weight is 785 g/mol. The van der Waals surface area contributed by atoms with E-state index in [0.29, 0.717) is 59.3 Å². The van der Waals surface area contributed by atoms with Crippen LogP contribution < -0.4 is 28.7 Å². The van der Waals surface area contributed by atoms with Crippen molar-refractivity contribution in [1.29, 1.82) is 0 Å². The summed E-state index contributed by atoms with van der Waals surface area (Å²) < 4.78 is 44.2. The van der Waals surface area contributed by atoms with Gasteiger partial charge in [0.15, 0.2) is 0 Å². The minimum absolute atomic E-state index is 0.00111. The molecule has 0 saturated carbocycles. The number of piperazine rings is 1. The van der Waals surface area contributed by atoms with E-state index < -0.39 is 5.09 Å². The summed E-state index contributed by atoms with van der Waals surface area (Å²) in [5.41, 5.74) is 3.15. The topological polar surface area (TPSA) is 153 Å². The van der Waals surface area contributed by atoms with Crippen molar-refractivity contribution in [3.05, 3.63) is 82.4 Å². The predicted molar refractivity (Wildman–Crippen MR) is 210 cm³/mol. The molecule has 16 nitrogen and oxygen atoms in total. The highest BCUT2D eigenvalue weighted by molar-refractivity contribution is 5.63. The Kier molecular flexibility index (Phi) is 19.7. The highest BCUT2D eigenvalue weighted by Gasteiger charge is 2.28. The molecule has 0 radical (unpaired) electrons. The third-order valence-corrected chi connectivity index (χ3v) is 8.95. The highest BCUT2D eigenvalue weighted by atomic mass is 17.0. The minimum atomic E-state index is -0.848. The lowest BCUT2D eigenvalue weighted by molar-refractivity contribution is -0.758. The summed E-state index contributed by atoms with van der Waals surface area (Å²) in [7, 11) is 4.95. The summed E-state index contributed by atoms with van der Waals surface area (Å²) in [4.78, 5) is 31.7. The van der Waals surface area contributed by atoms with E-state index in [4.69, 9.17) is 33.2 Å². The molecule has 3 aromatic carbocycles. The summed E-state index contributed by atoms with van der Waals surface area (Å²) in [6, 6.07) is 22.0. The van der Waals surface area contributed by atoms with E-state index in [1.54, 1.807) is 21.3 Å². The number of para-hydroxylation sites is 1. The Labute approximate surface area is 329 Å². The maximum atomic E-state index is 11.6. The smallest absolute Gasteiger partial charge is 0.294 e. The lowest BCUT2D eigenvalue weighted by Crippen LogP contribution is -2.55. The normalized spacial score (nSPS) is 14.8. The molecule has 2 aliphatic heterocycles. The number of carbonyl (C=O) groups excluding carboxylic acids is 1. The van der Waals surface area contributed by atoms with E-state index in [9.17, 15) is 14.9 Å². The molecule has 0 N–H and O–H groups in total. The van der Waals surface area contributed by atoms with Gasteiger partial charge in [-0.3, -0.25) is 4.79 Å². The van der Waals surface area contributed by atoms with Gasteiger partial charge in [0.2, 0.25) is 6.41 Å². The third kappa shape index (κ3) is 14.9. The van der Waals surface area contributed by atoms with Crippen molar-refractivity contribution in [3.63, 3.8) is 0 Å². The molecule has 0 aromatic heterocycles. The van der Waals surface area contributed by atoms with Crippen LogP contribution in [0.4, 0.5) is 11.4 Å². The maximum Gasteiger partial charge on any atom is 0.294 e. The van der Waals surface area contributed by atoms with Gasteiger partial charge in [-0.2, -0.15) is 0 Å². The summed E-state index contributed by atoms with van der Waals surface area (Å²) >= 11 is 0. The van der Waals surface area contributed by atoms with E-state index in [-0.39, 0.29) is 19.3 Å². The molecule has 5 rings (SSSR count). The summed E-state index contributed by atoms with van der Waals surface area (Å²) in [6.07, 6.45) is 2.65. The van der Waals surface area contributed by atoms with Crippen LogP contribution in [0.1, 0.15) is 18.4 Å². The molecule has 0 spiro atoms. The number of rotatable bonds is 24. The molecule has 1 atom stereocenters. The number of benzene rings is 3.